The monoisotopic (exact) mass is 392 g/mol. The highest BCUT2D eigenvalue weighted by Crippen LogP contribution is 2.49. The molecule has 2 heterocycles. The molecule has 28 heavy (non-hydrogen) atoms. The lowest BCUT2D eigenvalue weighted by Gasteiger charge is -2.43. The number of halogens is 3. The predicted octanol–water partition coefficient (Wildman–Crippen LogP) is 4.62. The van der Waals surface area contributed by atoms with Crippen LogP contribution in [-0.2, 0) is 11.8 Å². The Morgan fingerprint density at radius 2 is 1.86 bits per heavy atom. The standard InChI is InChI=1S/C21H23F3N2O2/c1-19(2,16-10-14(22)5-6-18(16)28-4)21(23,24)20(3,27)11-15-9-13-7-8-25-12-17(13)26-15/h5-10,12,26-27H,11H2,1-4H3. The van der Waals surface area contributed by atoms with E-state index in [0.717, 1.165) is 24.4 Å². The summed E-state index contributed by atoms with van der Waals surface area (Å²) in [7, 11) is 1.33. The van der Waals surface area contributed by atoms with Crippen molar-refractivity contribution in [3.05, 3.63) is 59.8 Å². The highest BCUT2D eigenvalue weighted by atomic mass is 19.3. The molecule has 0 saturated heterocycles. The molecule has 1 atom stereocenters. The van der Waals surface area contributed by atoms with E-state index in [1.165, 1.54) is 27.0 Å². The van der Waals surface area contributed by atoms with E-state index in [-0.39, 0.29) is 17.7 Å². The number of H-pyrrole nitrogens is 1. The maximum Gasteiger partial charge on any atom is 0.285 e. The fourth-order valence-corrected chi connectivity index (χ4v) is 3.62. The molecule has 3 rings (SSSR count). The first kappa shape index (κ1) is 20.2. The van der Waals surface area contributed by atoms with Crippen molar-refractivity contribution >= 4 is 10.9 Å². The van der Waals surface area contributed by atoms with Crippen LogP contribution in [0.5, 0.6) is 5.75 Å². The van der Waals surface area contributed by atoms with Gasteiger partial charge in [-0.25, -0.2) is 13.2 Å². The molecule has 0 aliphatic carbocycles. The summed E-state index contributed by atoms with van der Waals surface area (Å²) in [4.78, 5) is 6.99. The van der Waals surface area contributed by atoms with Gasteiger partial charge >= 0.3 is 0 Å². The molecule has 0 fully saturated rings. The molecule has 150 valence electrons. The molecule has 2 N–H and O–H groups in total. The molecule has 0 amide bonds. The van der Waals surface area contributed by atoms with E-state index in [1.54, 1.807) is 24.5 Å². The van der Waals surface area contributed by atoms with Gasteiger partial charge in [0.1, 0.15) is 17.2 Å². The number of nitrogens with zero attached hydrogens (tertiary/aromatic N) is 1. The van der Waals surface area contributed by atoms with Crippen molar-refractivity contribution in [2.45, 2.75) is 44.1 Å². The number of hydrogen-bond acceptors (Lipinski definition) is 3. The Hall–Kier alpha value is -2.54. The van der Waals surface area contributed by atoms with E-state index >= 15 is 8.78 Å². The molecule has 0 radical (unpaired) electrons. The molecular formula is C21H23F3N2O2. The normalized spacial score (nSPS) is 14.9. The number of nitrogens with one attached hydrogen (secondary N) is 1. The number of aromatic amines is 1. The number of aliphatic hydroxyl groups is 1. The minimum Gasteiger partial charge on any atom is -0.496 e. The summed E-state index contributed by atoms with van der Waals surface area (Å²) in [6.07, 6.45) is 2.87. The van der Waals surface area contributed by atoms with Crippen molar-refractivity contribution in [3.63, 3.8) is 0 Å². The summed E-state index contributed by atoms with van der Waals surface area (Å²) in [6, 6.07) is 6.94. The summed E-state index contributed by atoms with van der Waals surface area (Å²) in [6.45, 7) is 3.63. The second-order valence-electron chi connectivity index (χ2n) is 7.75. The third kappa shape index (κ3) is 3.24. The highest BCUT2D eigenvalue weighted by molar-refractivity contribution is 5.79. The van der Waals surface area contributed by atoms with Crippen LogP contribution in [0.4, 0.5) is 13.2 Å². The van der Waals surface area contributed by atoms with Crippen LogP contribution in [0, 0.1) is 5.82 Å². The van der Waals surface area contributed by atoms with Crippen LogP contribution in [0.3, 0.4) is 0 Å². The number of rotatable bonds is 6. The average Bonchev–Trinajstić information content (AvgIpc) is 3.02. The first-order valence-corrected chi connectivity index (χ1v) is 8.85. The highest BCUT2D eigenvalue weighted by Gasteiger charge is 2.60. The molecule has 7 heteroatoms. The number of methoxy groups -OCH3 is 1. The number of pyridine rings is 1. The Bertz CT molecular complexity index is 963. The number of benzene rings is 1. The van der Waals surface area contributed by atoms with Gasteiger partial charge < -0.3 is 14.8 Å². The summed E-state index contributed by atoms with van der Waals surface area (Å²) >= 11 is 0. The Kier molecular flexibility index (Phi) is 4.91. The fraction of sp³-hybridized carbons (Fsp3) is 0.381. The fourth-order valence-electron chi connectivity index (χ4n) is 3.62. The number of aromatic nitrogens is 2. The molecule has 0 aliphatic rings. The molecule has 0 spiro atoms. The number of hydrogen-bond donors (Lipinski definition) is 2. The van der Waals surface area contributed by atoms with Crippen LogP contribution >= 0.6 is 0 Å². The van der Waals surface area contributed by atoms with Gasteiger partial charge in [-0.3, -0.25) is 4.98 Å². The molecule has 0 aliphatic heterocycles. The first-order valence-electron chi connectivity index (χ1n) is 8.85. The van der Waals surface area contributed by atoms with E-state index in [1.807, 2.05) is 0 Å². The minimum atomic E-state index is -3.61. The molecule has 1 unspecified atom stereocenters. The van der Waals surface area contributed by atoms with Crippen molar-refractivity contribution in [1.29, 1.82) is 0 Å². The Morgan fingerprint density at radius 1 is 1.14 bits per heavy atom. The predicted molar refractivity (Wildman–Crippen MR) is 101 cm³/mol. The molecule has 1 aromatic carbocycles. The number of alkyl halides is 2. The van der Waals surface area contributed by atoms with Gasteiger partial charge in [-0.2, -0.15) is 0 Å². The van der Waals surface area contributed by atoms with Crippen molar-refractivity contribution in [2.75, 3.05) is 7.11 Å². The van der Waals surface area contributed by atoms with E-state index in [2.05, 4.69) is 9.97 Å². The number of fused-ring (bicyclic) bond motifs is 1. The lowest BCUT2D eigenvalue weighted by atomic mass is 9.70. The van der Waals surface area contributed by atoms with Crippen LogP contribution in [-0.4, -0.2) is 33.7 Å². The lowest BCUT2D eigenvalue weighted by Crippen LogP contribution is -2.58. The Morgan fingerprint density at radius 3 is 2.50 bits per heavy atom. The van der Waals surface area contributed by atoms with E-state index in [0.29, 0.717) is 11.2 Å². The quantitative estimate of drug-likeness (QED) is 0.644. The van der Waals surface area contributed by atoms with Crippen LogP contribution < -0.4 is 4.74 Å². The van der Waals surface area contributed by atoms with Gasteiger partial charge in [0.15, 0.2) is 0 Å². The van der Waals surface area contributed by atoms with Gasteiger partial charge in [0.25, 0.3) is 5.92 Å². The minimum absolute atomic E-state index is 0.0129. The van der Waals surface area contributed by atoms with E-state index in [9.17, 15) is 9.50 Å². The van der Waals surface area contributed by atoms with Crippen LogP contribution in [0.15, 0.2) is 42.7 Å². The SMILES string of the molecule is COc1ccc(F)cc1C(C)(C)C(F)(F)C(C)(O)Cc1cc2ccncc2[nH]1. The van der Waals surface area contributed by atoms with Crippen molar-refractivity contribution in [2.24, 2.45) is 0 Å². The Balaban J connectivity index is 2.00. The molecule has 4 nitrogen and oxygen atoms in total. The zero-order valence-electron chi connectivity index (χ0n) is 16.2. The van der Waals surface area contributed by atoms with Gasteiger partial charge in [0, 0.05) is 29.3 Å². The summed E-state index contributed by atoms with van der Waals surface area (Å²) in [5.41, 5.74) is -3.18. The first-order chi connectivity index (χ1) is 13.0. The van der Waals surface area contributed by atoms with Gasteiger partial charge in [-0.05, 0) is 51.1 Å². The topological polar surface area (TPSA) is 58.1 Å². The van der Waals surface area contributed by atoms with E-state index < -0.39 is 22.8 Å². The Labute approximate surface area is 161 Å². The summed E-state index contributed by atoms with van der Waals surface area (Å²) < 4.78 is 50.1. The lowest BCUT2D eigenvalue weighted by molar-refractivity contribution is -0.207. The van der Waals surface area contributed by atoms with Crippen LogP contribution in [0.2, 0.25) is 0 Å². The zero-order valence-corrected chi connectivity index (χ0v) is 16.2. The van der Waals surface area contributed by atoms with Crippen molar-refractivity contribution in [1.82, 2.24) is 9.97 Å². The largest absolute Gasteiger partial charge is 0.496 e. The summed E-state index contributed by atoms with van der Waals surface area (Å²) in [5, 5.41) is 11.6. The molecule has 0 saturated carbocycles. The average molecular weight is 392 g/mol. The van der Waals surface area contributed by atoms with Crippen molar-refractivity contribution < 1.29 is 23.0 Å². The smallest absolute Gasteiger partial charge is 0.285 e. The molecule has 2 aromatic heterocycles. The molecule has 3 aromatic rings. The maximum absolute atomic E-state index is 15.6. The third-order valence-electron chi connectivity index (χ3n) is 5.31. The summed E-state index contributed by atoms with van der Waals surface area (Å²) in [5.74, 6) is -4.13. The van der Waals surface area contributed by atoms with E-state index in [4.69, 9.17) is 4.74 Å². The second kappa shape index (κ2) is 6.81. The van der Waals surface area contributed by atoms with Gasteiger partial charge in [-0.1, -0.05) is 0 Å². The zero-order chi connectivity index (χ0) is 20.7. The third-order valence-corrected chi connectivity index (χ3v) is 5.31. The van der Waals surface area contributed by atoms with Crippen molar-refractivity contribution in [3.8, 4) is 5.75 Å². The van der Waals surface area contributed by atoms with Gasteiger partial charge in [-0.15, -0.1) is 0 Å². The maximum atomic E-state index is 15.6. The second-order valence-corrected chi connectivity index (χ2v) is 7.75. The number of ether oxygens (including phenoxy) is 1. The van der Waals surface area contributed by atoms with Crippen LogP contribution in [0.25, 0.3) is 10.9 Å². The molecular weight excluding hydrogens is 369 g/mol. The van der Waals surface area contributed by atoms with Gasteiger partial charge in [0.2, 0.25) is 0 Å². The van der Waals surface area contributed by atoms with Gasteiger partial charge in [0.05, 0.1) is 24.2 Å². The van der Waals surface area contributed by atoms with Crippen LogP contribution in [0.1, 0.15) is 32.0 Å². The molecule has 0 bridgehead atoms.